The van der Waals surface area contributed by atoms with Crippen molar-refractivity contribution in [3.63, 3.8) is 0 Å². The van der Waals surface area contributed by atoms with E-state index in [0.29, 0.717) is 5.02 Å². The van der Waals surface area contributed by atoms with E-state index >= 15 is 0 Å². The SMILES string of the molecule is N#CCCNS(=O)(=O)c1ccc(Cl)cc1Cl. The minimum absolute atomic E-state index is 0.0449. The van der Waals surface area contributed by atoms with E-state index in [4.69, 9.17) is 28.5 Å². The van der Waals surface area contributed by atoms with Crippen molar-refractivity contribution in [1.29, 1.82) is 5.26 Å². The fraction of sp³-hybridized carbons (Fsp3) is 0.222. The zero-order valence-electron chi connectivity index (χ0n) is 8.07. The molecule has 86 valence electrons. The highest BCUT2D eigenvalue weighted by atomic mass is 35.5. The molecule has 0 atom stereocenters. The molecule has 1 rings (SSSR count). The Balaban J connectivity index is 2.95. The lowest BCUT2D eigenvalue weighted by Gasteiger charge is -2.06. The average Bonchev–Trinajstić information content (AvgIpc) is 2.17. The summed E-state index contributed by atoms with van der Waals surface area (Å²) < 4.78 is 25.6. The van der Waals surface area contributed by atoms with Gasteiger partial charge in [-0.15, -0.1) is 0 Å². The molecule has 0 fully saturated rings. The predicted octanol–water partition coefficient (Wildman–Crippen LogP) is 2.19. The number of nitrogens with zero attached hydrogens (tertiary/aromatic N) is 1. The van der Waals surface area contributed by atoms with Crippen molar-refractivity contribution in [2.45, 2.75) is 11.3 Å². The van der Waals surface area contributed by atoms with Gasteiger partial charge < -0.3 is 0 Å². The maximum atomic E-state index is 11.7. The molecule has 0 bridgehead atoms. The highest BCUT2D eigenvalue weighted by Crippen LogP contribution is 2.24. The van der Waals surface area contributed by atoms with E-state index in [1.807, 2.05) is 6.07 Å². The minimum Gasteiger partial charge on any atom is -0.210 e. The van der Waals surface area contributed by atoms with Gasteiger partial charge in [0.25, 0.3) is 0 Å². The summed E-state index contributed by atoms with van der Waals surface area (Å²) in [5.41, 5.74) is 0. The lowest BCUT2D eigenvalue weighted by molar-refractivity contribution is 0.582. The van der Waals surface area contributed by atoms with Gasteiger partial charge in [-0.2, -0.15) is 5.26 Å². The molecule has 0 aromatic heterocycles. The Morgan fingerprint density at radius 2 is 2.06 bits per heavy atom. The normalized spacial score (nSPS) is 11.1. The molecule has 0 radical (unpaired) electrons. The van der Waals surface area contributed by atoms with Crippen LogP contribution in [0.5, 0.6) is 0 Å². The van der Waals surface area contributed by atoms with Gasteiger partial charge in [0.2, 0.25) is 10.0 Å². The molecule has 0 heterocycles. The van der Waals surface area contributed by atoms with Crippen LogP contribution >= 0.6 is 23.2 Å². The van der Waals surface area contributed by atoms with Gasteiger partial charge in [-0.25, -0.2) is 13.1 Å². The second-order valence-corrected chi connectivity index (χ2v) is 5.46. The first-order valence-electron chi connectivity index (χ1n) is 4.29. The molecule has 1 N–H and O–H groups in total. The van der Waals surface area contributed by atoms with Gasteiger partial charge in [-0.3, -0.25) is 0 Å². The molecule has 4 nitrogen and oxygen atoms in total. The molecule has 0 saturated heterocycles. The number of hydrogen-bond donors (Lipinski definition) is 1. The smallest absolute Gasteiger partial charge is 0.210 e. The van der Waals surface area contributed by atoms with Crippen LogP contribution in [0.25, 0.3) is 0 Å². The fourth-order valence-corrected chi connectivity index (χ4v) is 2.81. The van der Waals surface area contributed by atoms with Gasteiger partial charge in [-0.1, -0.05) is 23.2 Å². The van der Waals surface area contributed by atoms with Crippen molar-refractivity contribution in [1.82, 2.24) is 4.72 Å². The summed E-state index contributed by atoms with van der Waals surface area (Å²) in [6, 6.07) is 5.94. The molecule has 0 spiro atoms. The number of halogens is 2. The van der Waals surface area contributed by atoms with Crippen molar-refractivity contribution in [3.05, 3.63) is 28.2 Å². The van der Waals surface area contributed by atoms with Crippen LogP contribution in [0.2, 0.25) is 10.0 Å². The molecule has 1 aromatic carbocycles. The van der Waals surface area contributed by atoms with E-state index in [1.54, 1.807) is 0 Å². The lowest BCUT2D eigenvalue weighted by atomic mass is 10.4. The van der Waals surface area contributed by atoms with Crippen LogP contribution in [-0.4, -0.2) is 15.0 Å². The molecular formula is C9H8Cl2N2O2S. The summed E-state index contributed by atoms with van der Waals surface area (Å²) in [6.45, 7) is 0.0534. The zero-order valence-corrected chi connectivity index (χ0v) is 10.4. The molecule has 0 unspecified atom stereocenters. The van der Waals surface area contributed by atoms with Crippen LogP contribution in [0.3, 0.4) is 0 Å². The van der Waals surface area contributed by atoms with Crippen molar-refractivity contribution in [3.8, 4) is 6.07 Å². The van der Waals surface area contributed by atoms with E-state index in [9.17, 15) is 8.42 Å². The number of nitrogens with one attached hydrogen (secondary N) is 1. The molecule has 0 amide bonds. The Hall–Kier alpha value is -0.800. The zero-order chi connectivity index (χ0) is 12.2. The summed E-state index contributed by atoms with van der Waals surface area (Å²) in [6.07, 6.45) is 0.102. The monoisotopic (exact) mass is 278 g/mol. The van der Waals surface area contributed by atoms with Crippen molar-refractivity contribution in [2.75, 3.05) is 6.54 Å². The van der Waals surface area contributed by atoms with Crippen LogP contribution in [0, 0.1) is 11.3 Å². The molecule has 0 aliphatic heterocycles. The van der Waals surface area contributed by atoms with Crippen LogP contribution in [-0.2, 0) is 10.0 Å². The van der Waals surface area contributed by atoms with E-state index in [0.717, 1.165) is 0 Å². The van der Waals surface area contributed by atoms with Gasteiger partial charge in [0, 0.05) is 18.0 Å². The van der Waals surface area contributed by atoms with Crippen molar-refractivity contribution in [2.24, 2.45) is 0 Å². The maximum Gasteiger partial charge on any atom is 0.242 e. The van der Waals surface area contributed by atoms with Gasteiger partial charge in [0.1, 0.15) is 4.90 Å². The summed E-state index contributed by atoms with van der Waals surface area (Å²) in [5.74, 6) is 0. The molecule has 0 aliphatic rings. The molecule has 7 heteroatoms. The van der Waals surface area contributed by atoms with Crippen LogP contribution in [0.1, 0.15) is 6.42 Å². The third-order valence-corrected chi connectivity index (χ3v) is 3.89. The van der Waals surface area contributed by atoms with Gasteiger partial charge in [0.15, 0.2) is 0 Å². The highest BCUT2D eigenvalue weighted by Gasteiger charge is 2.17. The summed E-state index contributed by atoms with van der Waals surface area (Å²) in [5, 5.41) is 8.71. The van der Waals surface area contributed by atoms with E-state index in [1.165, 1.54) is 18.2 Å². The quantitative estimate of drug-likeness (QED) is 0.859. The first-order chi connectivity index (χ1) is 7.47. The van der Waals surface area contributed by atoms with Crippen LogP contribution in [0.4, 0.5) is 0 Å². The molecule has 1 aromatic rings. The minimum atomic E-state index is -3.67. The molecule has 0 aliphatic carbocycles. The number of rotatable bonds is 4. The first-order valence-corrected chi connectivity index (χ1v) is 6.53. The second-order valence-electron chi connectivity index (χ2n) is 2.88. The maximum absolute atomic E-state index is 11.7. The third kappa shape index (κ3) is 3.35. The van der Waals surface area contributed by atoms with Crippen LogP contribution < -0.4 is 4.72 Å². The van der Waals surface area contributed by atoms with Gasteiger partial charge in [0.05, 0.1) is 11.1 Å². The van der Waals surface area contributed by atoms with E-state index in [2.05, 4.69) is 4.72 Å². The van der Waals surface area contributed by atoms with E-state index in [-0.39, 0.29) is 22.9 Å². The Morgan fingerprint density at radius 1 is 1.38 bits per heavy atom. The largest absolute Gasteiger partial charge is 0.242 e. The Labute approximate surface area is 104 Å². The third-order valence-electron chi connectivity index (χ3n) is 1.71. The van der Waals surface area contributed by atoms with Gasteiger partial charge >= 0.3 is 0 Å². The standard InChI is InChI=1S/C9H8Cl2N2O2S/c10-7-2-3-9(8(11)6-7)16(14,15)13-5-1-4-12/h2-3,6,13H,1,5H2. The highest BCUT2D eigenvalue weighted by molar-refractivity contribution is 7.89. The van der Waals surface area contributed by atoms with Crippen LogP contribution in [0.15, 0.2) is 23.1 Å². The average molecular weight is 279 g/mol. The Morgan fingerprint density at radius 3 is 2.62 bits per heavy atom. The topological polar surface area (TPSA) is 70.0 Å². The number of nitriles is 1. The number of hydrogen-bond acceptors (Lipinski definition) is 3. The summed E-state index contributed by atoms with van der Waals surface area (Å²) >= 11 is 11.4. The van der Waals surface area contributed by atoms with Crippen molar-refractivity contribution < 1.29 is 8.42 Å². The summed E-state index contributed by atoms with van der Waals surface area (Å²) in [4.78, 5) is -0.0449. The first kappa shape index (κ1) is 13.3. The molecule has 16 heavy (non-hydrogen) atoms. The molecular weight excluding hydrogens is 271 g/mol. The van der Waals surface area contributed by atoms with Crippen molar-refractivity contribution >= 4 is 33.2 Å². The summed E-state index contributed by atoms with van der Waals surface area (Å²) in [7, 11) is -3.67. The lowest BCUT2D eigenvalue weighted by Crippen LogP contribution is -2.24. The number of benzene rings is 1. The van der Waals surface area contributed by atoms with Gasteiger partial charge in [-0.05, 0) is 18.2 Å². The Kier molecular flexibility index (Phi) is 4.56. The fourth-order valence-electron chi connectivity index (χ4n) is 1.01. The molecule has 0 saturated carbocycles. The number of sulfonamides is 1. The Bertz CT molecular complexity index is 523. The predicted molar refractivity (Wildman–Crippen MR) is 61.9 cm³/mol. The second kappa shape index (κ2) is 5.51. The van der Waals surface area contributed by atoms with E-state index < -0.39 is 10.0 Å².